The summed E-state index contributed by atoms with van der Waals surface area (Å²) in [6.07, 6.45) is 1.03. The van der Waals surface area contributed by atoms with E-state index in [1.165, 1.54) is 11.4 Å². The Hall–Kier alpha value is -2.62. The lowest BCUT2D eigenvalue weighted by Crippen LogP contribution is -2.51. The minimum Gasteiger partial charge on any atom is -0.497 e. The van der Waals surface area contributed by atoms with Crippen LogP contribution >= 0.6 is 0 Å². The van der Waals surface area contributed by atoms with Crippen LogP contribution < -0.4 is 19.9 Å². The monoisotopic (exact) mass is 433 g/mol. The van der Waals surface area contributed by atoms with Crippen molar-refractivity contribution >= 4 is 16.1 Å². The van der Waals surface area contributed by atoms with Crippen molar-refractivity contribution in [1.82, 2.24) is 9.62 Å². The second kappa shape index (κ2) is 9.03. The first-order valence-electron chi connectivity index (χ1n) is 9.63. The Labute approximate surface area is 177 Å². The van der Waals surface area contributed by atoms with E-state index in [0.29, 0.717) is 36.4 Å². The van der Waals surface area contributed by atoms with Crippen molar-refractivity contribution in [2.24, 2.45) is 5.14 Å². The van der Waals surface area contributed by atoms with Crippen LogP contribution in [0.4, 0.5) is 0 Å². The number of benzene rings is 2. The molecule has 8 nitrogen and oxygen atoms in total. The van der Waals surface area contributed by atoms with Crippen molar-refractivity contribution in [3.63, 3.8) is 0 Å². The smallest absolute Gasteiger partial charge is 0.276 e. The summed E-state index contributed by atoms with van der Waals surface area (Å²) in [4.78, 5) is 12.8. The summed E-state index contributed by atoms with van der Waals surface area (Å²) >= 11 is 0. The van der Waals surface area contributed by atoms with Crippen molar-refractivity contribution in [1.29, 1.82) is 0 Å². The summed E-state index contributed by atoms with van der Waals surface area (Å²) in [6.45, 7) is 0.899. The van der Waals surface area contributed by atoms with Crippen LogP contribution in [0.3, 0.4) is 0 Å². The van der Waals surface area contributed by atoms with Gasteiger partial charge in [-0.2, -0.15) is 12.7 Å². The predicted molar refractivity (Wildman–Crippen MR) is 114 cm³/mol. The number of ether oxygens (including phenoxy) is 2. The third kappa shape index (κ3) is 4.75. The van der Waals surface area contributed by atoms with Crippen LogP contribution in [0.1, 0.15) is 28.8 Å². The summed E-state index contributed by atoms with van der Waals surface area (Å²) in [5.41, 5.74) is 0.979. The number of para-hydroxylation sites is 1. The van der Waals surface area contributed by atoms with E-state index in [1.54, 1.807) is 31.4 Å². The maximum atomic E-state index is 12.8. The first kappa shape index (κ1) is 22.1. The number of rotatable bonds is 7. The number of carbonyl (C=O) groups is 1. The topological polar surface area (TPSA) is 111 Å². The van der Waals surface area contributed by atoms with E-state index in [4.69, 9.17) is 14.6 Å². The molecule has 0 radical (unpaired) electrons. The lowest BCUT2D eigenvalue weighted by atomic mass is 9.73. The van der Waals surface area contributed by atoms with Gasteiger partial charge in [-0.15, -0.1) is 0 Å². The molecule has 1 amide bonds. The molecule has 0 unspecified atom stereocenters. The molecule has 1 aliphatic rings. The van der Waals surface area contributed by atoms with Crippen LogP contribution in [0.15, 0.2) is 48.5 Å². The Morgan fingerprint density at radius 2 is 1.80 bits per heavy atom. The van der Waals surface area contributed by atoms with Gasteiger partial charge in [0.1, 0.15) is 11.5 Å². The number of nitrogens with zero attached hydrogens (tertiary/aromatic N) is 1. The molecular formula is C21H27N3O5S. The Morgan fingerprint density at radius 3 is 2.43 bits per heavy atom. The molecule has 2 aromatic carbocycles. The van der Waals surface area contributed by atoms with Crippen molar-refractivity contribution in [2.75, 3.05) is 33.9 Å². The van der Waals surface area contributed by atoms with Crippen LogP contribution in [0.2, 0.25) is 0 Å². The predicted octanol–water partition coefficient (Wildman–Crippen LogP) is 1.67. The van der Waals surface area contributed by atoms with Gasteiger partial charge in [0.15, 0.2) is 0 Å². The van der Waals surface area contributed by atoms with Crippen molar-refractivity contribution in [3.8, 4) is 11.5 Å². The van der Waals surface area contributed by atoms with Crippen LogP contribution in [0, 0.1) is 0 Å². The van der Waals surface area contributed by atoms with E-state index < -0.39 is 15.6 Å². The molecule has 1 saturated heterocycles. The van der Waals surface area contributed by atoms with Crippen molar-refractivity contribution in [3.05, 3.63) is 59.7 Å². The third-order valence-electron chi connectivity index (χ3n) is 5.66. The van der Waals surface area contributed by atoms with Crippen molar-refractivity contribution in [2.45, 2.75) is 18.3 Å². The van der Waals surface area contributed by atoms with E-state index in [9.17, 15) is 13.2 Å². The second-order valence-electron chi connectivity index (χ2n) is 7.34. The number of carbonyl (C=O) groups excluding carboxylic acids is 1. The molecule has 1 heterocycles. The lowest BCUT2D eigenvalue weighted by molar-refractivity contribution is 0.0930. The molecule has 162 valence electrons. The summed E-state index contributed by atoms with van der Waals surface area (Å²) in [6, 6.07) is 14.7. The quantitative estimate of drug-likeness (QED) is 0.690. The van der Waals surface area contributed by atoms with Gasteiger partial charge < -0.3 is 14.8 Å². The fraction of sp³-hybridized carbons (Fsp3) is 0.381. The number of hydrogen-bond acceptors (Lipinski definition) is 5. The number of nitrogens with one attached hydrogen (secondary N) is 1. The van der Waals surface area contributed by atoms with Crippen molar-refractivity contribution < 1.29 is 22.7 Å². The van der Waals surface area contributed by atoms with Crippen LogP contribution in [0.5, 0.6) is 11.5 Å². The van der Waals surface area contributed by atoms with Crippen LogP contribution in [0.25, 0.3) is 0 Å². The molecule has 0 bridgehead atoms. The molecular weight excluding hydrogens is 406 g/mol. The van der Waals surface area contributed by atoms with Gasteiger partial charge in [0.05, 0.1) is 19.8 Å². The molecule has 0 spiro atoms. The SMILES string of the molecule is COc1cccc(C2(CNC(=O)c3ccccc3OC)CCN(S(N)(=O)=O)CC2)c1. The van der Waals surface area contributed by atoms with Crippen LogP contribution in [-0.2, 0) is 15.6 Å². The fourth-order valence-electron chi connectivity index (χ4n) is 3.87. The Balaban J connectivity index is 1.86. The van der Waals surface area contributed by atoms with Crippen LogP contribution in [-0.4, -0.2) is 52.5 Å². The van der Waals surface area contributed by atoms with E-state index >= 15 is 0 Å². The summed E-state index contributed by atoms with van der Waals surface area (Å²) < 4.78 is 35.4. The second-order valence-corrected chi connectivity index (χ2v) is 8.89. The van der Waals surface area contributed by atoms with E-state index in [1.807, 2.05) is 24.3 Å². The minimum absolute atomic E-state index is 0.247. The molecule has 0 saturated carbocycles. The summed E-state index contributed by atoms with van der Waals surface area (Å²) in [5, 5.41) is 8.32. The number of methoxy groups -OCH3 is 2. The molecule has 3 N–H and O–H groups in total. The lowest BCUT2D eigenvalue weighted by Gasteiger charge is -2.41. The molecule has 30 heavy (non-hydrogen) atoms. The van der Waals surface area contributed by atoms with E-state index in [2.05, 4.69) is 5.32 Å². The molecule has 0 aromatic heterocycles. The molecule has 0 aliphatic carbocycles. The van der Waals surface area contributed by atoms with Gasteiger partial charge in [-0.05, 0) is 42.7 Å². The van der Waals surface area contributed by atoms with Gasteiger partial charge in [0.25, 0.3) is 16.1 Å². The number of nitrogens with two attached hydrogens (primary N) is 1. The maximum Gasteiger partial charge on any atom is 0.276 e. The van der Waals surface area contributed by atoms with Gasteiger partial charge in [-0.1, -0.05) is 24.3 Å². The third-order valence-corrected chi connectivity index (χ3v) is 6.75. The molecule has 1 aliphatic heterocycles. The average molecular weight is 434 g/mol. The standard InChI is InChI=1S/C21H27N3O5S/c1-28-17-7-5-6-16(14-17)21(10-12-24(13-11-21)30(22,26)27)15-23-20(25)18-8-3-4-9-19(18)29-2/h3-9,14H,10-13,15H2,1-2H3,(H,23,25)(H2,22,26,27). The Kier molecular flexibility index (Phi) is 6.64. The molecule has 3 rings (SSSR count). The van der Waals surface area contributed by atoms with Gasteiger partial charge in [0, 0.05) is 25.0 Å². The van der Waals surface area contributed by atoms with Gasteiger partial charge >= 0.3 is 0 Å². The number of hydrogen-bond donors (Lipinski definition) is 2. The average Bonchev–Trinajstić information content (AvgIpc) is 2.77. The highest BCUT2D eigenvalue weighted by molar-refractivity contribution is 7.86. The molecule has 9 heteroatoms. The highest BCUT2D eigenvalue weighted by atomic mass is 32.2. The normalized spacial score (nSPS) is 16.6. The summed E-state index contributed by atoms with van der Waals surface area (Å²) in [5.74, 6) is 0.954. The zero-order valence-corrected chi connectivity index (χ0v) is 17.9. The van der Waals surface area contributed by atoms with Gasteiger partial charge in [-0.3, -0.25) is 4.79 Å². The fourth-order valence-corrected chi connectivity index (χ4v) is 4.56. The number of amides is 1. The molecule has 1 fully saturated rings. The maximum absolute atomic E-state index is 12.8. The zero-order chi connectivity index (χ0) is 21.8. The molecule has 0 atom stereocenters. The number of piperidine rings is 1. The van der Waals surface area contributed by atoms with Gasteiger partial charge in [0.2, 0.25) is 0 Å². The van der Waals surface area contributed by atoms with E-state index in [0.717, 1.165) is 5.56 Å². The van der Waals surface area contributed by atoms with E-state index in [-0.39, 0.29) is 19.0 Å². The Morgan fingerprint density at radius 1 is 1.10 bits per heavy atom. The first-order valence-corrected chi connectivity index (χ1v) is 11.1. The highest BCUT2D eigenvalue weighted by Gasteiger charge is 2.39. The first-order chi connectivity index (χ1) is 14.3. The Bertz CT molecular complexity index is 1000. The highest BCUT2D eigenvalue weighted by Crippen LogP contribution is 2.37. The largest absolute Gasteiger partial charge is 0.497 e. The summed E-state index contributed by atoms with van der Waals surface area (Å²) in [7, 11) is -0.633. The molecule has 2 aromatic rings. The van der Waals surface area contributed by atoms with Gasteiger partial charge in [-0.25, -0.2) is 5.14 Å². The minimum atomic E-state index is -3.75. The zero-order valence-electron chi connectivity index (χ0n) is 17.1.